The van der Waals surface area contributed by atoms with Gasteiger partial charge in [0.1, 0.15) is 9.79 Å². The number of hydrogen-bond acceptors (Lipinski definition) is 6. The van der Waals surface area contributed by atoms with Crippen molar-refractivity contribution in [2.75, 3.05) is 19.3 Å². The molecule has 0 radical (unpaired) electrons. The fraction of sp³-hybridized carbons (Fsp3) is 0.500. The normalized spacial score (nSPS) is 20.7. The van der Waals surface area contributed by atoms with Crippen LogP contribution in [0.1, 0.15) is 24.5 Å². The molecule has 3 heterocycles. The Morgan fingerprint density at radius 2 is 2.00 bits per heavy atom. The summed E-state index contributed by atoms with van der Waals surface area (Å²) in [5.41, 5.74) is 0.472. The lowest BCUT2D eigenvalue weighted by atomic mass is 9.96. The lowest BCUT2D eigenvalue weighted by molar-refractivity contribution is 0.310. The van der Waals surface area contributed by atoms with Gasteiger partial charge in [0.15, 0.2) is 9.84 Å². The quantitative estimate of drug-likeness (QED) is 0.797. The number of nitrogens with one attached hydrogen (secondary N) is 2. The van der Waals surface area contributed by atoms with E-state index < -0.39 is 19.9 Å². The molecule has 0 bridgehead atoms. The molecular formula is C12H17N5O4S2. The molecule has 0 aromatic carbocycles. The largest absolute Gasteiger partial charge is 0.284 e. The predicted octanol–water partition coefficient (Wildman–Crippen LogP) is 0.105. The van der Waals surface area contributed by atoms with E-state index in [2.05, 4.69) is 20.4 Å². The molecule has 126 valence electrons. The standard InChI is InChI=1S/C12H17N5O4S2/c1-22(18,19)11-7-15-16-12(11)9-3-2-4-17(8-9)23(20,21)10-5-13-14-6-10/h5-7,9H,2-4,8H2,1H3,(H,13,14)(H,15,16)/t9-/m0/s1. The molecular weight excluding hydrogens is 342 g/mol. The Morgan fingerprint density at radius 1 is 1.22 bits per heavy atom. The molecule has 1 atom stereocenters. The minimum absolute atomic E-state index is 0.103. The van der Waals surface area contributed by atoms with Crippen LogP contribution >= 0.6 is 0 Å². The molecule has 11 heteroatoms. The number of aromatic nitrogens is 4. The average Bonchev–Trinajstić information content (AvgIpc) is 3.18. The second-order valence-electron chi connectivity index (χ2n) is 5.56. The van der Waals surface area contributed by atoms with Crippen LogP contribution in [0.15, 0.2) is 28.4 Å². The van der Waals surface area contributed by atoms with E-state index in [-0.39, 0.29) is 22.3 Å². The fourth-order valence-corrected chi connectivity index (χ4v) is 5.09. The van der Waals surface area contributed by atoms with Gasteiger partial charge in [0.2, 0.25) is 10.0 Å². The van der Waals surface area contributed by atoms with Crippen molar-refractivity contribution in [2.45, 2.75) is 28.6 Å². The highest BCUT2D eigenvalue weighted by Gasteiger charge is 2.34. The summed E-state index contributed by atoms with van der Waals surface area (Å²) < 4.78 is 50.1. The maximum Gasteiger partial charge on any atom is 0.246 e. The van der Waals surface area contributed by atoms with E-state index in [1.165, 1.54) is 22.9 Å². The van der Waals surface area contributed by atoms with E-state index in [1.807, 2.05) is 0 Å². The third kappa shape index (κ3) is 3.03. The number of aromatic amines is 2. The van der Waals surface area contributed by atoms with Crippen LogP contribution < -0.4 is 0 Å². The highest BCUT2D eigenvalue weighted by Crippen LogP contribution is 2.32. The van der Waals surface area contributed by atoms with Crippen LogP contribution in [-0.2, 0) is 19.9 Å². The molecule has 1 aliphatic heterocycles. The Balaban J connectivity index is 1.89. The van der Waals surface area contributed by atoms with Gasteiger partial charge in [0, 0.05) is 31.5 Å². The fourth-order valence-electron chi connectivity index (χ4n) is 2.80. The van der Waals surface area contributed by atoms with E-state index in [0.717, 1.165) is 6.26 Å². The van der Waals surface area contributed by atoms with Gasteiger partial charge >= 0.3 is 0 Å². The van der Waals surface area contributed by atoms with Crippen LogP contribution in [-0.4, -0.2) is 60.9 Å². The Bertz CT molecular complexity index is 886. The smallest absolute Gasteiger partial charge is 0.246 e. The van der Waals surface area contributed by atoms with E-state index in [4.69, 9.17) is 0 Å². The van der Waals surface area contributed by atoms with Crippen molar-refractivity contribution in [1.82, 2.24) is 24.7 Å². The summed E-state index contributed by atoms with van der Waals surface area (Å²) in [5, 5.41) is 12.7. The zero-order chi connectivity index (χ0) is 16.7. The van der Waals surface area contributed by atoms with Gasteiger partial charge in [0.25, 0.3) is 0 Å². The van der Waals surface area contributed by atoms with E-state index in [0.29, 0.717) is 25.1 Å². The summed E-state index contributed by atoms with van der Waals surface area (Å²) in [7, 11) is -7.05. The summed E-state index contributed by atoms with van der Waals surface area (Å²) in [4.78, 5) is 0.233. The highest BCUT2D eigenvalue weighted by molar-refractivity contribution is 7.90. The molecule has 2 N–H and O–H groups in total. The first kappa shape index (κ1) is 16.1. The Morgan fingerprint density at radius 3 is 2.65 bits per heavy atom. The molecule has 1 fully saturated rings. The predicted molar refractivity (Wildman–Crippen MR) is 81.0 cm³/mol. The van der Waals surface area contributed by atoms with Crippen LogP contribution in [0.3, 0.4) is 0 Å². The van der Waals surface area contributed by atoms with Crippen molar-refractivity contribution in [3.8, 4) is 0 Å². The summed E-state index contributed by atoms with van der Waals surface area (Å²) in [5.74, 6) is -0.238. The lowest BCUT2D eigenvalue weighted by Crippen LogP contribution is -2.39. The highest BCUT2D eigenvalue weighted by atomic mass is 32.2. The monoisotopic (exact) mass is 359 g/mol. The summed E-state index contributed by atoms with van der Waals surface area (Å²) in [6, 6.07) is 0. The molecule has 2 aromatic rings. The van der Waals surface area contributed by atoms with Crippen molar-refractivity contribution < 1.29 is 16.8 Å². The number of nitrogens with zero attached hydrogens (tertiary/aromatic N) is 3. The summed E-state index contributed by atoms with van der Waals surface area (Å²) in [6.07, 6.45) is 6.32. The van der Waals surface area contributed by atoms with Gasteiger partial charge in [-0.3, -0.25) is 10.2 Å². The second-order valence-corrected chi connectivity index (χ2v) is 9.48. The van der Waals surface area contributed by atoms with Gasteiger partial charge in [-0.05, 0) is 12.8 Å². The summed E-state index contributed by atoms with van der Waals surface area (Å²) in [6.45, 7) is 0.602. The first-order valence-corrected chi connectivity index (χ1v) is 10.4. The molecule has 3 rings (SSSR count). The number of rotatable bonds is 4. The van der Waals surface area contributed by atoms with Crippen molar-refractivity contribution in [3.05, 3.63) is 24.3 Å². The number of sulfone groups is 1. The van der Waals surface area contributed by atoms with E-state index >= 15 is 0 Å². The molecule has 0 aliphatic carbocycles. The van der Waals surface area contributed by atoms with Gasteiger partial charge in [-0.25, -0.2) is 16.8 Å². The SMILES string of the molecule is CS(=O)(=O)c1cn[nH]c1[C@H]1CCCN(S(=O)(=O)c2cn[nH]c2)C1. The minimum Gasteiger partial charge on any atom is -0.284 e. The zero-order valence-electron chi connectivity index (χ0n) is 12.4. The molecule has 0 amide bonds. The number of piperidine rings is 1. The average molecular weight is 359 g/mol. The van der Waals surface area contributed by atoms with E-state index in [9.17, 15) is 16.8 Å². The van der Waals surface area contributed by atoms with Crippen molar-refractivity contribution in [3.63, 3.8) is 0 Å². The van der Waals surface area contributed by atoms with Crippen LogP contribution in [0.5, 0.6) is 0 Å². The van der Waals surface area contributed by atoms with Crippen LogP contribution in [0, 0.1) is 0 Å². The van der Waals surface area contributed by atoms with Crippen LogP contribution in [0.4, 0.5) is 0 Å². The molecule has 2 aromatic heterocycles. The maximum absolute atomic E-state index is 12.6. The van der Waals surface area contributed by atoms with Gasteiger partial charge in [-0.1, -0.05) is 0 Å². The summed E-state index contributed by atoms with van der Waals surface area (Å²) >= 11 is 0. The molecule has 9 nitrogen and oxygen atoms in total. The molecule has 0 unspecified atom stereocenters. The van der Waals surface area contributed by atoms with Gasteiger partial charge in [-0.15, -0.1) is 0 Å². The third-order valence-electron chi connectivity index (χ3n) is 3.94. The second kappa shape index (κ2) is 5.73. The zero-order valence-corrected chi connectivity index (χ0v) is 14.1. The van der Waals surface area contributed by atoms with Crippen LogP contribution in [0.25, 0.3) is 0 Å². The number of sulfonamides is 1. The Labute approximate surface area is 134 Å². The van der Waals surface area contributed by atoms with Gasteiger partial charge in [0.05, 0.1) is 18.1 Å². The van der Waals surface area contributed by atoms with Crippen molar-refractivity contribution >= 4 is 19.9 Å². The van der Waals surface area contributed by atoms with Crippen molar-refractivity contribution in [1.29, 1.82) is 0 Å². The lowest BCUT2D eigenvalue weighted by Gasteiger charge is -2.31. The van der Waals surface area contributed by atoms with E-state index in [1.54, 1.807) is 0 Å². The molecule has 23 heavy (non-hydrogen) atoms. The maximum atomic E-state index is 12.6. The molecule has 1 aliphatic rings. The molecule has 0 spiro atoms. The molecule has 0 saturated carbocycles. The van der Waals surface area contributed by atoms with Crippen LogP contribution in [0.2, 0.25) is 0 Å². The van der Waals surface area contributed by atoms with Gasteiger partial charge < -0.3 is 0 Å². The number of H-pyrrole nitrogens is 2. The molecule has 1 saturated heterocycles. The Hall–Kier alpha value is -1.72. The third-order valence-corrected chi connectivity index (χ3v) is 6.89. The minimum atomic E-state index is -3.64. The topological polar surface area (TPSA) is 129 Å². The Kier molecular flexibility index (Phi) is 4.02. The number of hydrogen-bond donors (Lipinski definition) is 2. The van der Waals surface area contributed by atoms with Crippen molar-refractivity contribution in [2.24, 2.45) is 0 Å². The van der Waals surface area contributed by atoms with Gasteiger partial charge in [-0.2, -0.15) is 14.5 Å². The first-order chi connectivity index (χ1) is 10.8. The first-order valence-electron chi connectivity index (χ1n) is 7.02.